The number of ether oxygens (including phenoxy) is 1. The molecule has 1 fully saturated rings. The van der Waals surface area contributed by atoms with Crippen molar-refractivity contribution in [3.8, 4) is 0 Å². The molecule has 0 aromatic heterocycles. The van der Waals surface area contributed by atoms with Crippen molar-refractivity contribution in [3.63, 3.8) is 0 Å². The fourth-order valence-electron chi connectivity index (χ4n) is 2.15. The minimum Gasteiger partial charge on any atom is -0.383 e. The van der Waals surface area contributed by atoms with Crippen molar-refractivity contribution in [1.29, 1.82) is 0 Å². The van der Waals surface area contributed by atoms with Crippen molar-refractivity contribution in [2.45, 2.75) is 39.0 Å². The first-order chi connectivity index (χ1) is 6.27. The van der Waals surface area contributed by atoms with Gasteiger partial charge >= 0.3 is 0 Å². The molecule has 1 saturated carbocycles. The Bertz CT molecular complexity index is 130. The smallest absolute Gasteiger partial charge is 0.0587 e. The Balaban J connectivity index is 2.10. The monoisotopic (exact) mass is 185 g/mol. The molecule has 0 aromatic rings. The van der Waals surface area contributed by atoms with E-state index >= 15 is 0 Å². The highest BCUT2D eigenvalue weighted by Crippen LogP contribution is 2.34. The Labute approximate surface area is 82.0 Å². The number of nitrogens with one attached hydrogen (secondary N) is 1. The highest BCUT2D eigenvalue weighted by atomic mass is 16.5. The maximum atomic E-state index is 5.00. The average Bonchev–Trinajstić information content (AvgIpc) is 2.14. The van der Waals surface area contributed by atoms with Gasteiger partial charge in [0.1, 0.15) is 0 Å². The van der Waals surface area contributed by atoms with Gasteiger partial charge in [-0.25, -0.2) is 0 Å². The molecule has 13 heavy (non-hydrogen) atoms. The van der Waals surface area contributed by atoms with Crippen LogP contribution in [0.2, 0.25) is 0 Å². The van der Waals surface area contributed by atoms with Crippen LogP contribution in [0.15, 0.2) is 0 Å². The van der Waals surface area contributed by atoms with Crippen LogP contribution in [-0.2, 0) is 4.74 Å². The minimum atomic E-state index is 0.561. The van der Waals surface area contributed by atoms with Crippen LogP contribution in [0.1, 0.15) is 39.0 Å². The molecule has 0 amide bonds. The predicted octanol–water partition coefficient (Wildman–Crippen LogP) is 2.19. The third kappa shape index (κ3) is 4.10. The molecule has 1 aliphatic rings. The molecule has 2 heteroatoms. The first-order valence-corrected chi connectivity index (χ1v) is 5.46. The van der Waals surface area contributed by atoms with E-state index in [4.69, 9.17) is 4.74 Å². The maximum Gasteiger partial charge on any atom is 0.0587 e. The van der Waals surface area contributed by atoms with Gasteiger partial charge in [0.15, 0.2) is 0 Å². The Kier molecular flexibility index (Phi) is 4.74. The molecule has 78 valence electrons. The standard InChI is InChI=1S/C11H23NO/c1-11(6-4-3-5-7-11)10-12-8-9-13-2/h12H,3-10H2,1-2H3. The van der Waals surface area contributed by atoms with E-state index in [1.54, 1.807) is 7.11 Å². The topological polar surface area (TPSA) is 21.3 Å². The van der Waals surface area contributed by atoms with E-state index in [0.29, 0.717) is 5.41 Å². The molecule has 0 bridgehead atoms. The number of methoxy groups -OCH3 is 1. The van der Waals surface area contributed by atoms with Crippen LogP contribution in [0.25, 0.3) is 0 Å². The second-order valence-corrected chi connectivity index (χ2v) is 4.54. The first-order valence-electron chi connectivity index (χ1n) is 5.46. The molecule has 0 spiro atoms. The van der Waals surface area contributed by atoms with Gasteiger partial charge in [-0.3, -0.25) is 0 Å². The minimum absolute atomic E-state index is 0.561. The zero-order chi connectivity index (χ0) is 9.57. The van der Waals surface area contributed by atoms with Crippen LogP contribution in [-0.4, -0.2) is 26.8 Å². The van der Waals surface area contributed by atoms with Crippen LogP contribution >= 0.6 is 0 Å². The van der Waals surface area contributed by atoms with Crippen molar-refractivity contribution < 1.29 is 4.74 Å². The van der Waals surface area contributed by atoms with Crippen molar-refractivity contribution in [3.05, 3.63) is 0 Å². The van der Waals surface area contributed by atoms with Crippen LogP contribution in [0.4, 0.5) is 0 Å². The second kappa shape index (κ2) is 5.61. The van der Waals surface area contributed by atoms with E-state index in [0.717, 1.165) is 19.7 Å². The summed E-state index contributed by atoms with van der Waals surface area (Å²) in [7, 11) is 1.75. The zero-order valence-corrected chi connectivity index (χ0v) is 9.07. The lowest BCUT2D eigenvalue weighted by Gasteiger charge is -2.33. The van der Waals surface area contributed by atoms with Gasteiger partial charge in [-0.05, 0) is 18.3 Å². The van der Waals surface area contributed by atoms with Crippen molar-refractivity contribution in [1.82, 2.24) is 5.32 Å². The molecule has 0 aromatic carbocycles. The van der Waals surface area contributed by atoms with E-state index in [1.807, 2.05) is 0 Å². The third-order valence-electron chi connectivity index (χ3n) is 3.10. The summed E-state index contributed by atoms with van der Waals surface area (Å²) in [6, 6.07) is 0. The van der Waals surface area contributed by atoms with Crippen LogP contribution < -0.4 is 5.32 Å². The average molecular weight is 185 g/mol. The van der Waals surface area contributed by atoms with Gasteiger partial charge in [0.05, 0.1) is 6.61 Å². The molecule has 0 saturated heterocycles. The SMILES string of the molecule is COCCNCC1(C)CCCCC1. The quantitative estimate of drug-likeness (QED) is 0.663. The molecule has 0 aliphatic heterocycles. The van der Waals surface area contributed by atoms with Crippen LogP contribution in [0, 0.1) is 5.41 Å². The van der Waals surface area contributed by atoms with Gasteiger partial charge in [-0.1, -0.05) is 26.2 Å². The highest BCUT2D eigenvalue weighted by molar-refractivity contribution is 4.80. The molecule has 0 unspecified atom stereocenters. The van der Waals surface area contributed by atoms with E-state index in [1.165, 1.54) is 32.1 Å². The predicted molar refractivity (Wildman–Crippen MR) is 55.9 cm³/mol. The highest BCUT2D eigenvalue weighted by Gasteiger charge is 2.25. The Hall–Kier alpha value is -0.0800. The molecule has 1 rings (SSSR count). The second-order valence-electron chi connectivity index (χ2n) is 4.54. The summed E-state index contributed by atoms with van der Waals surface area (Å²) in [5, 5.41) is 3.47. The van der Waals surface area contributed by atoms with Gasteiger partial charge in [-0.15, -0.1) is 0 Å². The molecule has 0 atom stereocenters. The normalized spacial score (nSPS) is 21.7. The lowest BCUT2D eigenvalue weighted by Crippen LogP contribution is -2.35. The number of hydrogen-bond acceptors (Lipinski definition) is 2. The van der Waals surface area contributed by atoms with Crippen molar-refractivity contribution in [2.24, 2.45) is 5.41 Å². The molecule has 1 N–H and O–H groups in total. The van der Waals surface area contributed by atoms with Crippen molar-refractivity contribution in [2.75, 3.05) is 26.8 Å². The summed E-state index contributed by atoms with van der Waals surface area (Å²) >= 11 is 0. The summed E-state index contributed by atoms with van der Waals surface area (Å²) in [5.74, 6) is 0. The first kappa shape index (κ1) is 11.0. The summed E-state index contributed by atoms with van der Waals surface area (Å²) in [6.07, 6.45) is 7.07. The summed E-state index contributed by atoms with van der Waals surface area (Å²) in [4.78, 5) is 0. The van der Waals surface area contributed by atoms with Crippen LogP contribution in [0.5, 0.6) is 0 Å². The Morgan fingerprint density at radius 3 is 2.54 bits per heavy atom. The molecule has 2 nitrogen and oxygen atoms in total. The fraction of sp³-hybridized carbons (Fsp3) is 1.00. The van der Waals surface area contributed by atoms with Gasteiger partial charge in [0.25, 0.3) is 0 Å². The summed E-state index contributed by atoms with van der Waals surface area (Å²) in [5.41, 5.74) is 0.561. The fourth-order valence-corrected chi connectivity index (χ4v) is 2.15. The lowest BCUT2D eigenvalue weighted by atomic mass is 9.76. The largest absolute Gasteiger partial charge is 0.383 e. The zero-order valence-electron chi connectivity index (χ0n) is 9.07. The maximum absolute atomic E-state index is 5.00. The van der Waals surface area contributed by atoms with E-state index in [9.17, 15) is 0 Å². The molecule has 1 aliphatic carbocycles. The van der Waals surface area contributed by atoms with E-state index in [2.05, 4.69) is 12.2 Å². The summed E-state index contributed by atoms with van der Waals surface area (Å²) in [6.45, 7) is 5.39. The molecular weight excluding hydrogens is 162 g/mol. The van der Waals surface area contributed by atoms with Crippen LogP contribution in [0.3, 0.4) is 0 Å². The van der Waals surface area contributed by atoms with Gasteiger partial charge in [0, 0.05) is 20.2 Å². The van der Waals surface area contributed by atoms with Crippen molar-refractivity contribution >= 4 is 0 Å². The molecule has 0 radical (unpaired) electrons. The number of rotatable bonds is 5. The van der Waals surface area contributed by atoms with Gasteiger partial charge in [0.2, 0.25) is 0 Å². The Morgan fingerprint density at radius 2 is 1.92 bits per heavy atom. The van der Waals surface area contributed by atoms with E-state index < -0.39 is 0 Å². The van der Waals surface area contributed by atoms with Gasteiger partial charge < -0.3 is 10.1 Å². The summed E-state index contributed by atoms with van der Waals surface area (Å²) < 4.78 is 5.00. The number of hydrogen-bond donors (Lipinski definition) is 1. The Morgan fingerprint density at radius 1 is 1.23 bits per heavy atom. The van der Waals surface area contributed by atoms with E-state index in [-0.39, 0.29) is 0 Å². The third-order valence-corrected chi connectivity index (χ3v) is 3.10. The molecular formula is C11H23NO. The molecule has 0 heterocycles. The van der Waals surface area contributed by atoms with Gasteiger partial charge in [-0.2, -0.15) is 0 Å². The lowest BCUT2D eigenvalue weighted by molar-refractivity contribution is 0.176.